The summed E-state index contributed by atoms with van der Waals surface area (Å²) in [6, 6.07) is 20.2. The number of nitrogens with zero attached hydrogens (tertiary/aromatic N) is 1. The molecule has 0 bridgehead atoms. The summed E-state index contributed by atoms with van der Waals surface area (Å²) >= 11 is 1.62. The largest absolute Gasteiger partial charge is 0.460 e. The van der Waals surface area contributed by atoms with Gasteiger partial charge in [0.1, 0.15) is 12.4 Å². The number of carbonyl (C=O) groups excluding carboxylic acids is 2. The van der Waals surface area contributed by atoms with Crippen LogP contribution in [-0.2, 0) is 4.74 Å². The first-order valence-electron chi connectivity index (χ1n) is 9.75. The van der Waals surface area contributed by atoms with Crippen LogP contribution < -0.4 is 10.2 Å². The molecule has 0 radical (unpaired) electrons. The van der Waals surface area contributed by atoms with Crippen LogP contribution in [0.15, 0.2) is 82.6 Å². The lowest BCUT2D eigenvalue weighted by molar-refractivity contribution is 0.0410. The van der Waals surface area contributed by atoms with Crippen molar-refractivity contribution in [1.29, 1.82) is 0 Å². The van der Waals surface area contributed by atoms with Gasteiger partial charge in [-0.3, -0.25) is 4.90 Å². The van der Waals surface area contributed by atoms with E-state index in [-0.39, 0.29) is 18.2 Å². The molecule has 0 saturated heterocycles. The molecule has 0 saturated carbocycles. The summed E-state index contributed by atoms with van der Waals surface area (Å²) in [5.41, 5.74) is 1.01. The lowest BCUT2D eigenvalue weighted by Crippen LogP contribution is -2.52. The Morgan fingerprint density at radius 1 is 0.935 bits per heavy atom. The van der Waals surface area contributed by atoms with Crippen molar-refractivity contribution in [3.63, 3.8) is 0 Å². The van der Waals surface area contributed by atoms with Gasteiger partial charge >= 0.3 is 12.0 Å². The molecule has 3 aromatic carbocycles. The fraction of sp³-hybridized carbons (Fsp3) is 0.167. The van der Waals surface area contributed by atoms with Gasteiger partial charge in [0.25, 0.3) is 0 Å². The first-order chi connectivity index (χ1) is 14.8. The van der Waals surface area contributed by atoms with Crippen LogP contribution in [0.4, 0.5) is 20.6 Å². The number of hydrogen-bond donors (Lipinski definition) is 1. The van der Waals surface area contributed by atoms with Crippen LogP contribution in [0.25, 0.3) is 0 Å². The van der Waals surface area contributed by atoms with E-state index in [1.807, 2.05) is 48.5 Å². The van der Waals surface area contributed by atoms with Crippen molar-refractivity contribution in [1.82, 2.24) is 5.32 Å². The third kappa shape index (κ3) is 4.56. The Morgan fingerprint density at radius 3 is 2.06 bits per heavy atom. The molecular weight excluding hydrogens is 415 g/mol. The molecule has 0 unspecified atom stereocenters. The standard InChI is InChI=1S/C24H21FN2O3S/c1-24(2,15-30-22(28)16-11-13-17(25)14-12-16)26-23(29)27-18-7-3-5-9-20(18)31-21-10-6-4-8-19(21)27/h3-14H,15H2,1-2H3,(H,26,29). The molecule has 0 aromatic heterocycles. The fourth-order valence-corrected chi connectivity index (χ4v) is 4.28. The highest BCUT2D eigenvalue weighted by Crippen LogP contribution is 2.47. The molecule has 1 heterocycles. The molecule has 0 fully saturated rings. The van der Waals surface area contributed by atoms with E-state index in [1.54, 1.807) is 30.5 Å². The number of esters is 1. The van der Waals surface area contributed by atoms with Crippen molar-refractivity contribution in [2.24, 2.45) is 0 Å². The number of ether oxygens (including phenoxy) is 1. The molecule has 3 aromatic rings. The van der Waals surface area contributed by atoms with E-state index in [2.05, 4.69) is 5.32 Å². The minimum Gasteiger partial charge on any atom is -0.460 e. The van der Waals surface area contributed by atoms with Crippen molar-refractivity contribution in [3.8, 4) is 0 Å². The SMILES string of the molecule is CC(C)(COC(=O)c1ccc(F)cc1)NC(=O)N1c2ccccc2Sc2ccccc21. The molecule has 158 valence electrons. The molecule has 1 aliphatic heterocycles. The molecule has 2 amide bonds. The zero-order chi connectivity index (χ0) is 22.0. The molecule has 1 aliphatic rings. The van der Waals surface area contributed by atoms with E-state index in [0.717, 1.165) is 21.2 Å². The van der Waals surface area contributed by atoms with Crippen LogP contribution in [-0.4, -0.2) is 24.1 Å². The zero-order valence-electron chi connectivity index (χ0n) is 17.1. The molecular formula is C24H21FN2O3S. The highest BCUT2D eigenvalue weighted by Gasteiger charge is 2.32. The van der Waals surface area contributed by atoms with Crippen molar-refractivity contribution in [2.75, 3.05) is 11.5 Å². The Labute approximate surface area is 184 Å². The number of hydrogen-bond acceptors (Lipinski definition) is 4. The molecule has 7 heteroatoms. The van der Waals surface area contributed by atoms with Gasteiger partial charge in [0.15, 0.2) is 0 Å². The lowest BCUT2D eigenvalue weighted by atomic mass is 10.1. The van der Waals surface area contributed by atoms with Gasteiger partial charge < -0.3 is 10.1 Å². The molecule has 0 atom stereocenters. The number of rotatable bonds is 4. The van der Waals surface area contributed by atoms with Gasteiger partial charge in [-0.05, 0) is 62.4 Å². The zero-order valence-corrected chi connectivity index (χ0v) is 17.9. The smallest absolute Gasteiger partial charge is 0.338 e. The summed E-state index contributed by atoms with van der Waals surface area (Å²) in [5, 5.41) is 2.96. The van der Waals surface area contributed by atoms with Gasteiger partial charge in [0.05, 0.1) is 22.5 Å². The topological polar surface area (TPSA) is 58.6 Å². The van der Waals surface area contributed by atoms with Crippen LogP contribution in [0, 0.1) is 5.82 Å². The third-order valence-corrected chi connectivity index (χ3v) is 5.85. The predicted molar refractivity (Wildman–Crippen MR) is 118 cm³/mol. The summed E-state index contributed by atoms with van der Waals surface area (Å²) in [7, 11) is 0. The van der Waals surface area contributed by atoms with Crippen LogP contribution in [0.2, 0.25) is 0 Å². The average Bonchev–Trinajstić information content (AvgIpc) is 2.76. The van der Waals surface area contributed by atoms with Gasteiger partial charge in [0, 0.05) is 9.79 Å². The molecule has 4 rings (SSSR count). The van der Waals surface area contributed by atoms with Crippen molar-refractivity contribution < 1.29 is 18.7 Å². The maximum absolute atomic E-state index is 13.3. The summed E-state index contributed by atoms with van der Waals surface area (Å²) in [5.74, 6) is -1.00. The van der Waals surface area contributed by atoms with E-state index in [4.69, 9.17) is 4.74 Å². The maximum atomic E-state index is 13.3. The normalized spacial score (nSPS) is 12.5. The van der Waals surface area contributed by atoms with E-state index < -0.39 is 17.3 Å². The maximum Gasteiger partial charge on any atom is 0.338 e. The van der Waals surface area contributed by atoms with Gasteiger partial charge in [0.2, 0.25) is 0 Å². The Morgan fingerprint density at radius 2 is 1.48 bits per heavy atom. The minimum absolute atomic E-state index is 0.0408. The number of anilines is 2. The second kappa shape index (κ2) is 8.43. The van der Waals surface area contributed by atoms with E-state index in [9.17, 15) is 14.0 Å². The van der Waals surface area contributed by atoms with E-state index in [0.29, 0.717) is 0 Å². The molecule has 0 spiro atoms. The highest BCUT2D eigenvalue weighted by atomic mass is 32.2. The predicted octanol–water partition coefficient (Wildman–Crippen LogP) is 5.77. The Hall–Kier alpha value is -3.32. The monoisotopic (exact) mass is 436 g/mol. The highest BCUT2D eigenvalue weighted by molar-refractivity contribution is 7.99. The number of fused-ring (bicyclic) bond motifs is 2. The van der Waals surface area contributed by atoms with E-state index in [1.165, 1.54) is 24.3 Å². The summed E-state index contributed by atoms with van der Waals surface area (Å²) in [6.07, 6.45) is 0. The lowest BCUT2D eigenvalue weighted by Gasteiger charge is -2.34. The van der Waals surface area contributed by atoms with Crippen LogP contribution in [0.1, 0.15) is 24.2 Å². The van der Waals surface area contributed by atoms with Crippen LogP contribution in [0.3, 0.4) is 0 Å². The van der Waals surface area contributed by atoms with Gasteiger partial charge in [-0.2, -0.15) is 0 Å². The second-order valence-electron chi connectivity index (χ2n) is 7.77. The summed E-state index contributed by atoms with van der Waals surface area (Å²) in [4.78, 5) is 29.2. The average molecular weight is 437 g/mol. The number of urea groups is 1. The Bertz CT molecular complexity index is 1090. The van der Waals surface area contributed by atoms with Crippen molar-refractivity contribution in [3.05, 3.63) is 84.2 Å². The number of carbonyl (C=O) groups is 2. The van der Waals surface area contributed by atoms with Crippen molar-refractivity contribution in [2.45, 2.75) is 29.2 Å². The van der Waals surface area contributed by atoms with Crippen molar-refractivity contribution >= 4 is 35.1 Å². The molecule has 31 heavy (non-hydrogen) atoms. The quantitative estimate of drug-likeness (QED) is 0.527. The number of nitrogens with one attached hydrogen (secondary N) is 1. The molecule has 0 aliphatic carbocycles. The number of amides is 2. The first kappa shape index (κ1) is 20.9. The first-order valence-corrected chi connectivity index (χ1v) is 10.6. The fourth-order valence-electron chi connectivity index (χ4n) is 3.22. The molecule has 5 nitrogen and oxygen atoms in total. The van der Waals surface area contributed by atoms with E-state index >= 15 is 0 Å². The van der Waals surface area contributed by atoms with Crippen LogP contribution in [0.5, 0.6) is 0 Å². The Kier molecular flexibility index (Phi) is 5.69. The second-order valence-corrected chi connectivity index (χ2v) is 8.85. The minimum atomic E-state index is -0.832. The Balaban J connectivity index is 1.50. The third-order valence-electron chi connectivity index (χ3n) is 4.72. The molecule has 1 N–H and O–H groups in total. The number of halogens is 1. The number of para-hydroxylation sites is 2. The van der Waals surface area contributed by atoms with Gasteiger partial charge in [-0.1, -0.05) is 36.0 Å². The summed E-state index contributed by atoms with van der Waals surface area (Å²) < 4.78 is 18.4. The van der Waals surface area contributed by atoms with Crippen LogP contribution >= 0.6 is 11.8 Å². The van der Waals surface area contributed by atoms with Gasteiger partial charge in [-0.25, -0.2) is 14.0 Å². The summed E-state index contributed by atoms with van der Waals surface area (Å²) in [6.45, 7) is 3.51. The van der Waals surface area contributed by atoms with Gasteiger partial charge in [-0.15, -0.1) is 0 Å². The number of benzene rings is 3.